The van der Waals surface area contributed by atoms with Gasteiger partial charge in [0.25, 0.3) is 11.8 Å². The normalized spacial score (nSPS) is 25.8. The first kappa shape index (κ1) is 18.2. The molecule has 2 aliphatic rings. The zero-order valence-corrected chi connectivity index (χ0v) is 15.9. The molecule has 28 heavy (non-hydrogen) atoms. The molecule has 2 fully saturated rings. The van der Waals surface area contributed by atoms with E-state index >= 15 is 0 Å². The monoisotopic (exact) mass is 373 g/mol. The molecule has 0 aromatic heterocycles. The van der Waals surface area contributed by atoms with Crippen LogP contribution < -0.4 is 10.0 Å². The van der Waals surface area contributed by atoms with E-state index in [1.165, 1.54) is 10.0 Å². The highest BCUT2D eigenvalue weighted by atomic mass is 16.2. The van der Waals surface area contributed by atoms with Gasteiger partial charge in [0.2, 0.25) is 0 Å². The molecule has 1 saturated carbocycles. The van der Waals surface area contributed by atoms with Crippen LogP contribution in [0.4, 0.5) is 11.4 Å². The van der Waals surface area contributed by atoms with E-state index in [0.717, 1.165) is 12.8 Å². The van der Waals surface area contributed by atoms with Gasteiger partial charge in [-0.3, -0.25) is 9.59 Å². The van der Waals surface area contributed by atoms with E-state index in [-0.39, 0.29) is 11.8 Å². The number of hydrogen-bond acceptors (Lipinski definition) is 3. The maximum absolute atomic E-state index is 13.6. The molecule has 1 aliphatic carbocycles. The second-order valence-corrected chi connectivity index (χ2v) is 7.85. The van der Waals surface area contributed by atoms with Crippen molar-refractivity contribution in [1.82, 2.24) is 0 Å². The first-order chi connectivity index (χ1) is 13.6. The van der Waals surface area contributed by atoms with Gasteiger partial charge in [-0.2, -0.15) is 5.26 Å². The van der Waals surface area contributed by atoms with Crippen molar-refractivity contribution in [2.45, 2.75) is 32.6 Å². The number of rotatable bonds is 3. The Labute approximate surface area is 165 Å². The summed E-state index contributed by atoms with van der Waals surface area (Å²) in [7, 11) is 0. The van der Waals surface area contributed by atoms with E-state index < -0.39 is 11.3 Å². The lowest BCUT2D eigenvalue weighted by Crippen LogP contribution is -2.41. The summed E-state index contributed by atoms with van der Waals surface area (Å²) >= 11 is 0. The van der Waals surface area contributed by atoms with Crippen LogP contribution in [0.15, 0.2) is 60.7 Å². The Bertz CT molecular complexity index is 854. The topological polar surface area (TPSA) is 64.4 Å². The zero-order valence-electron chi connectivity index (χ0n) is 15.9. The predicted octanol–water partition coefficient (Wildman–Crippen LogP) is 4.32. The second kappa shape index (κ2) is 7.12. The third-order valence-corrected chi connectivity index (χ3v) is 6.05. The molecule has 0 spiro atoms. The van der Waals surface area contributed by atoms with Crippen molar-refractivity contribution in [2.75, 3.05) is 10.0 Å². The minimum Gasteiger partial charge on any atom is -0.272 e. The molecule has 1 heterocycles. The number of hydrogen-bond donors (Lipinski definition) is 0. The number of nitriles is 1. The summed E-state index contributed by atoms with van der Waals surface area (Å²) in [5.74, 6) is -1.07. The molecule has 2 aromatic carbocycles. The van der Waals surface area contributed by atoms with Crippen LogP contribution in [0.2, 0.25) is 0 Å². The Morgan fingerprint density at radius 1 is 0.857 bits per heavy atom. The maximum Gasteiger partial charge on any atom is 0.260 e. The van der Waals surface area contributed by atoms with Gasteiger partial charge in [0.15, 0.2) is 0 Å². The van der Waals surface area contributed by atoms with E-state index in [4.69, 9.17) is 0 Å². The van der Waals surface area contributed by atoms with Crippen LogP contribution in [-0.2, 0) is 9.59 Å². The third kappa shape index (κ3) is 2.86. The molecule has 1 aliphatic heterocycles. The smallest absolute Gasteiger partial charge is 0.260 e. The number of nitrogens with zero attached hydrogens (tertiary/aromatic N) is 3. The van der Waals surface area contributed by atoms with Gasteiger partial charge in [0, 0.05) is 0 Å². The van der Waals surface area contributed by atoms with Crippen molar-refractivity contribution in [3.05, 3.63) is 60.7 Å². The van der Waals surface area contributed by atoms with Gasteiger partial charge in [-0.1, -0.05) is 43.3 Å². The highest BCUT2D eigenvalue weighted by Crippen LogP contribution is 2.48. The average molecular weight is 373 g/mol. The zero-order chi connectivity index (χ0) is 19.7. The Morgan fingerprint density at radius 2 is 1.29 bits per heavy atom. The molecule has 0 bridgehead atoms. The van der Waals surface area contributed by atoms with Crippen molar-refractivity contribution in [3.63, 3.8) is 0 Å². The van der Waals surface area contributed by atoms with E-state index in [0.29, 0.717) is 30.1 Å². The summed E-state index contributed by atoms with van der Waals surface area (Å²) < 4.78 is 0. The fraction of sp³-hybridized carbons (Fsp3) is 0.348. The summed E-state index contributed by atoms with van der Waals surface area (Å²) in [5, 5.41) is 12.9. The summed E-state index contributed by atoms with van der Waals surface area (Å²) in [6.45, 7) is 2.16. The van der Waals surface area contributed by atoms with Gasteiger partial charge in [-0.25, -0.2) is 10.0 Å². The number of carbonyl (C=O) groups is 2. The molecule has 5 heteroatoms. The van der Waals surface area contributed by atoms with Gasteiger partial charge >= 0.3 is 0 Å². The first-order valence-corrected chi connectivity index (χ1v) is 9.76. The van der Waals surface area contributed by atoms with E-state index in [2.05, 4.69) is 13.0 Å². The van der Waals surface area contributed by atoms with Crippen molar-refractivity contribution < 1.29 is 9.59 Å². The number of hydrazine groups is 1. The Kier molecular flexibility index (Phi) is 4.64. The molecule has 5 nitrogen and oxygen atoms in total. The second-order valence-electron chi connectivity index (χ2n) is 7.85. The van der Waals surface area contributed by atoms with Crippen molar-refractivity contribution in [1.29, 1.82) is 5.26 Å². The SMILES string of the molecule is CC1CCC(C#N)(C2C(=O)N(c3ccccc3)N(c3ccccc3)C2=O)CC1. The first-order valence-electron chi connectivity index (χ1n) is 9.76. The largest absolute Gasteiger partial charge is 0.272 e. The maximum atomic E-state index is 13.6. The average Bonchev–Trinajstić information content (AvgIpc) is 3.01. The predicted molar refractivity (Wildman–Crippen MR) is 107 cm³/mol. The highest BCUT2D eigenvalue weighted by molar-refractivity contribution is 6.23. The number of carbonyl (C=O) groups excluding carboxylic acids is 2. The van der Waals surface area contributed by atoms with Crippen LogP contribution in [0.5, 0.6) is 0 Å². The minimum absolute atomic E-state index is 0.309. The van der Waals surface area contributed by atoms with Crippen LogP contribution in [0.1, 0.15) is 32.6 Å². The molecule has 0 N–H and O–H groups in total. The van der Waals surface area contributed by atoms with Crippen molar-refractivity contribution in [3.8, 4) is 6.07 Å². The number of anilines is 2. The molecule has 2 amide bonds. The summed E-state index contributed by atoms with van der Waals surface area (Å²) in [4.78, 5) is 27.1. The Morgan fingerprint density at radius 3 is 1.68 bits per heavy atom. The molecule has 0 radical (unpaired) electrons. The third-order valence-electron chi connectivity index (χ3n) is 6.05. The fourth-order valence-corrected chi connectivity index (χ4v) is 4.39. The van der Waals surface area contributed by atoms with Crippen molar-refractivity contribution >= 4 is 23.2 Å². The van der Waals surface area contributed by atoms with Crippen LogP contribution in [0.25, 0.3) is 0 Å². The molecular weight excluding hydrogens is 350 g/mol. The van der Waals surface area contributed by atoms with E-state index in [1.807, 2.05) is 60.7 Å². The molecule has 1 saturated heterocycles. The summed E-state index contributed by atoms with van der Waals surface area (Å²) in [5.41, 5.74) is 0.325. The van der Waals surface area contributed by atoms with Crippen LogP contribution in [0, 0.1) is 28.6 Å². The van der Waals surface area contributed by atoms with Gasteiger partial charge in [-0.05, 0) is 55.9 Å². The van der Waals surface area contributed by atoms with Crippen LogP contribution in [0.3, 0.4) is 0 Å². The van der Waals surface area contributed by atoms with E-state index in [9.17, 15) is 14.9 Å². The van der Waals surface area contributed by atoms with Crippen LogP contribution in [-0.4, -0.2) is 11.8 Å². The van der Waals surface area contributed by atoms with Crippen LogP contribution >= 0.6 is 0 Å². The minimum atomic E-state index is -0.967. The summed E-state index contributed by atoms with van der Waals surface area (Å²) in [6.07, 6.45) is 2.89. The lowest BCUT2D eigenvalue weighted by molar-refractivity contribution is -0.132. The molecule has 142 valence electrons. The quantitative estimate of drug-likeness (QED) is 0.753. The van der Waals surface area contributed by atoms with Gasteiger partial charge in [0.05, 0.1) is 22.9 Å². The number of benzene rings is 2. The van der Waals surface area contributed by atoms with Gasteiger partial charge in [0.1, 0.15) is 5.92 Å². The lowest BCUT2D eigenvalue weighted by Gasteiger charge is -2.35. The molecule has 0 atom stereocenters. The van der Waals surface area contributed by atoms with Gasteiger partial charge in [-0.15, -0.1) is 0 Å². The Balaban J connectivity index is 1.81. The molecular formula is C23H23N3O2. The molecule has 4 rings (SSSR count). The Hall–Kier alpha value is -3.13. The highest BCUT2D eigenvalue weighted by Gasteiger charge is 2.58. The standard InChI is InChI=1S/C23H23N3O2/c1-17-12-14-23(16-24,15-13-17)20-21(27)25(18-8-4-2-5-9-18)26(22(20)28)19-10-6-3-7-11-19/h2-11,17,20H,12-15H2,1H3. The van der Waals surface area contributed by atoms with E-state index in [1.54, 1.807) is 0 Å². The number of para-hydroxylation sites is 2. The summed E-state index contributed by atoms with van der Waals surface area (Å²) in [6, 6.07) is 20.7. The number of amides is 2. The fourth-order valence-electron chi connectivity index (χ4n) is 4.39. The molecule has 0 unspecified atom stereocenters. The lowest BCUT2D eigenvalue weighted by atomic mass is 9.64. The molecule has 2 aromatic rings. The van der Waals surface area contributed by atoms with Gasteiger partial charge < -0.3 is 0 Å². The van der Waals surface area contributed by atoms with Crippen molar-refractivity contribution in [2.24, 2.45) is 17.3 Å².